The zero-order chi connectivity index (χ0) is 59.7. The Morgan fingerprint density at radius 1 is 0.483 bits per heavy atom. The molecule has 0 saturated carbocycles. The highest BCUT2D eigenvalue weighted by Crippen LogP contribution is 2.43. The van der Waals surface area contributed by atoms with Crippen molar-refractivity contribution in [1.29, 1.82) is 0 Å². The van der Waals surface area contributed by atoms with Gasteiger partial charge in [0.25, 0.3) is 0 Å². The Morgan fingerprint density at radius 3 is 1.28 bits per heavy atom. The van der Waals surface area contributed by atoms with Crippen molar-refractivity contribution in [1.82, 2.24) is 84.7 Å². The van der Waals surface area contributed by atoms with E-state index in [2.05, 4.69) is 110 Å². The fourth-order valence-electron chi connectivity index (χ4n) is 10.9. The van der Waals surface area contributed by atoms with Gasteiger partial charge in [0.05, 0.1) is 12.4 Å². The maximum atomic E-state index is 10.5. The molecule has 6 N–H and O–H groups in total. The van der Waals surface area contributed by atoms with Crippen LogP contribution in [0.5, 0.6) is 17.2 Å². The number of aromatic amines is 2. The number of anilines is 3. The minimum atomic E-state index is 0.105. The number of aromatic nitrogens is 14. The van der Waals surface area contributed by atoms with Gasteiger partial charge in [-0.2, -0.15) is 10.2 Å². The van der Waals surface area contributed by atoms with Crippen molar-refractivity contribution in [2.75, 3.05) is 88.7 Å². The maximum absolute atomic E-state index is 10.5. The lowest BCUT2D eigenvalue weighted by molar-refractivity contribution is 0.250. The van der Waals surface area contributed by atoms with Crippen molar-refractivity contribution in [2.45, 2.75) is 63.6 Å². The van der Waals surface area contributed by atoms with Crippen LogP contribution in [0.2, 0.25) is 0 Å². The van der Waals surface area contributed by atoms with E-state index in [0.717, 1.165) is 162 Å². The highest BCUT2D eigenvalue weighted by molar-refractivity contribution is 7.31. The summed E-state index contributed by atoms with van der Waals surface area (Å²) in [6, 6.07) is 6.67. The van der Waals surface area contributed by atoms with Gasteiger partial charge in [-0.3, -0.25) is 10.2 Å². The van der Waals surface area contributed by atoms with Crippen LogP contribution in [0.25, 0.3) is 94.5 Å². The molecule has 15 heterocycles. The van der Waals surface area contributed by atoms with Crippen LogP contribution in [-0.2, 0) is 0 Å². The van der Waals surface area contributed by atoms with Gasteiger partial charge >= 0.3 is 0 Å². The molecule has 12 aromatic heterocycles. The predicted octanol–water partition coefficient (Wildman–Crippen LogP) is 11.1. The van der Waals surface area contributed by atoms with Gasteiger partial charge < -0.3 is 45.1 Å². The highest BCUT2D eigenvalue weighted by Gasteiger charge is 2.28. The van der Waals surface area contributed by atoms with E-state index < -0.39 is 0 Å². The van der Waals surface area contributed by atoms with E-state index in [9.17, 15) is 15.3 Å². The summed E-state index contributed by atoms with van der Waals surface area (Å²) < 4.78 is 4.09. The molecule has 0 atom stereocenters. The van der Waals surface area contributed by atoms with Gasteiger partial charge in [0.1, 0.15) is 49.4 Å². The van der Waals surface area contributed by atoms with Crippen LogP contribution >= 0.6 is 79.6 Å². The second kappa shape index (κ2) is 25.8. The smallest absolute Gasteiger partial charge is 0.189 e. The summed E-state index contributed by atoms with van der Waals surface area (Å²) in [7, 11) is 8.60. The second-order valence-electron chi connectivity index (χ2n) is 21.6. The lowest BCUT2D eigenvalue weighted by Crippen LogP contribution is -2.43. The first-order valence-corrected chi connectivity index (χ1v) is 34.2. The molecule has 87 heavy (non-hydrogen) atoms. The molecule has 0 spiro atoms. The third kappa shape index (κ3) is 12.7. The second-order valence-corrected chi connectivity index (χ2v) is 28.1. The maximum Gasteiger partial charge on any atom is 0.189 e. The van der Waals surface area contributed by atoms with Gasteiger partial charge in [-0.15, -0.1) is 0 Å². The fraction of sp³-hybridized carbons (Fsp3) is 0.368. The molecule has 3 saturated heterocycles. The molecule has 3 aliphatic heterocycles. The van der Waals surface area contributed by atoms with E-state index in [1.807, 2.05) is 5.38 Å². The van der Waals surface area contributed by atoms with Crippen molar-refractivity contribution in [3.8, 4) is 82.7 Å². The molecule has 0 aromatic carbocycles. The molecule has 0 bridgehead atoms. The number of rotatable bonds is 13. The molecular formula is C57H62N20O3S7. The Labute approximate surface area is 528 Å². The number of piperidine rings is 3. The van der Waals surface area contributed by atoms with E-state index in [4.69, 9.17) is 24.9 Å². The number of hydrogen-bond acceptors (Lipinski definition) is 28. The molecule has 3 fully saturated rings. The van der Waals surface area contributed by atoms with E-state index in [-0.39, 0.29) is 17.2 Å². The Hall–Kier alpha value is -7.26. The first kappa shape index (κ1) is 58.7. The fourth-order valence-corrected chi connectivity index (χ4v) is 17.7. The van der Waals surface area contributed by atoms with E-state index >= 15 is 0 Å². The molecule has 3 aliphatic rings. The van der Waals surface area contributed by atoms with Crippen molar-refractivity contribution in [2.24, 2.45) is 0 Å². The minimum absolute atomic E-state index is 0.105. The zero-order valence-corrected chi connectivity index (χ0v) is 53.9. The van der Waals surface area contributed by atoms with Crippen LogP contribution in [0, 0.1) is 0 Å². The first-order chi connectivity index (χ1) is 42.4. The Kier molecular flexibility index (Phi) is 17.4. The molecule has 30 heteroatoms. The molecular weight excluding hydrogens is 1240 g/mol. The van der Waals surface area contributed by atoms with Gasteiger partial charge in [0.15, 0.2) is 44.4 Å². The summed E-state index contributed by atoms with van der Waals surface area (Å²) in [4.78, 5) is 59.0. The number of pyridine rings is 3. The number of thiazole rings is 6. The summed E-state index contributed by atoms with van der Waals surface area (Å²) in [6.45, 7) is 9.75. The van der Waals surface area contributed by atoms with Crippen molar-refractivity contribution < 1.29 is 15.3 Å². The van der Waals surface area contributed by atoms with Gasteiger partial charge in [-0.25, -0.2) is 49.2 Å². The van der Waals surface area contributed by atoms with E-state index in [0.29, 0.717) is 50.2 Å². The lowest BCUT2D eigenvalue weighted by atomic mass is 10.0. The average molecular weight is 1300 g/mol. The monoisotopic (exact) mass is 1300 g/mol. The predicted molar refractivity (Wildman–Crippen MR) is 354 cm³/mol. The summed E-state index contributed by atoms with van der Waals surface area (Å²) in [5, 5.41) is 55.3. The van der Waals surface area contributed by atoms with Crippen LogP contribution in [0.3, 0.4) is 0 Å². The van der Waals surface area contributed by atoms with Crippen molar-refractivity contribution >= 4 is 124 Å². The number of nitrogens with zero attached hydrogens (tertiary/aromatic N) is 17. The van der Waals surface area contributed by atoms with Crippen LogP contribution in [0.15, 0.2) is 73.2 Å². The third-order valence-electron chi connectivity index (χ3n) is 15.9. The largest absolute Gasteiger partial charge is 0.506 e. The summed E-state index contributed by atoms with van der Waals surface area (Å²) in [5.41, 5.74) is 6.63. The Morgan fingerprint density at radius 2 is 0.885 bits per heavy atom. The normalized spacial score (nSPS) is 15.7. The zero-order valence-electron chi connectivity index (χ0n) is 48.2. The number of fused-ring (bicyclic) bond motifs is 3. The standard InChI is InChI=1S/C20H23N7OS2.C19H21N7OS2.C18H18N6OS3/c1-3-27(14-4-6-26(2)7-5-14)20-25-19-18(30-20)24-17(29-19)16-15(28)8-12(9-21-16)13-10-22-23-11-13;1-25-5-3-13(4-6-25)26(2)19-24-18-17(29-19)23-16(28-18)15-14(27)7-11(8-20-15)12-9-21-22-10-12;1-24(12-2-4-19-5-3-12)18-23-17-16(28-18)22-15(27-17)14-13(25)6-10(7-20-14)11-8-21-26-9-11/h8-11,14,28H,3-7H2,1-2H3,(H,22,23);7-10,13,27H,3-6H2,1-2H3,(H,21,22);6-9,12,19,25H,2-5H2,1H3. The Balaban J connectivity index is 0.000000121. The van der Waals surface area contributed by atoms with Gasteiger partial charge in [-0.1, -0.05) is 68.0 Å². The first-order valence-electron chi connectivity index (χ1n) is 28.5. The van der Waals surface area contributed by atoms with Crippen LogP contribution in [0.4, 0.5) is 15.4 Å². The van der Waals surface area contributed by atoms with E-state index in [1.165, 1.54) is 45.5 Å². The molecule has 0 aliphatic carbocycles. The van der Waals surface area contributed by atoms with Gasteiger partial charge in [-0.05, 0) is 129 Å². The molecule has 450 valence electrons. The highest BCUT2D eigenvalue weighted by atomic mass is 32.1. The van der Waals surface area contributed by atoms with Gasteiger partial charge in [0.2, 0.25) is 0 Å². The quantitative estimate of drug-likeness (QED) is 0.0626. The number of hydrogen-bond donors (Lipinski definition) is 6. The SMILES string of the molecule is CCN(c1nc2sc(-c3ncc(-c4cn[nH]c4)cc3O)nc2s1)C1CCN(C)CC1.CN(c1nc2sc(-c3ncc(-c4cnsc4)cc3O)nc2s1)C1CCNCC1.CN1CCC(N(C)c2nc3sc(-c4ncc(-c5cn[nH]c5)cc4O)nc3s2)CC1. The summed E-state index contributed by atoms with van der Waals surface area (Å²) >= 11 is 10.6. The number of H-pyrrole nitrogens is 2. The average Bonchev–Trinajstić information content (AvgIpc) is 2.84. The summed E-state index contributed by atoms with van der Waals surface area (Å²) in [6.07, 6.45) is 20.8. The Bertz CT molecular complexity index is 4140. The molecule has 0 amide bonds. The number of nitrogens with one attached hydrogen (secondary N) is 3. The van der Waals surface area contributed by atoms with E-state index in [1.54, 1.807) is 102 Å². The van der Waals surface area contributed by atoms with Crippen molar-refractivity contribution in [3.05, 3.63) is 73.2 Å². The minimum Gasteiger partial charge on any atom is -0.506 e. The number of aromatic hydroxyl groups is 3. The third-order valence-corrected chi connectivity index (χ3v) is 22.9. The van der Waals surface area contributed by atoms with Gasteiger partial charge in [0, 0.05) is 115 Å². The molecule has 23 nitrogen and oxygen atoms in total. The molecule has 0 unspecified atom stereocenters. The van der Waals surface area contributed by atoms with Crippen LogP contribution in [0.1, 0.15) is 45.4 Å². The number of likely N-dealkylation sites (tertiary alicyclic amines) is 2. The van der Waals surface area contributed by atoms with Crippen LogP contribution < -0.4 is 20.0 Å². The molecule has 15 rings (SSSR count). The topological polar surface area (TPSA) is 275 Å². The molecule has 0 radical (unpaired) electrons. The van der Waals surface area contributed by atoms with Crippen LogP contribution in [-0.4, -0.2) is 187 Å². The lowest BCUT2D eigenvalue weighted by Gasteiger charge is -2.36. The molecule has 12 aromatic rings. The van der Waals surface area contributed by atoms with Crippen molar-refractivity contribution in [3.63, 3.8) is 0 Å². The summed E-state index contributed by atoms with van der Waals surface area (Å²) in [5.74, 6) is 0.336.